The van der Waals surface area contributed by atoms with E-state index in [4.69, 9.17) is 4.42 Å². The van der Waals surface area contributed by atoms with Crippen LogP contribution in [-0.2, 0) is 0 Å². The summed E-state index contributed by atoms with van der Waals surface area (Å²) >= 11 is 0. The summed E-state index contributed by atoms with van der Waals surface area (Å²) in [4.78, 5) is 26.9. The maximum Gasteiger partial charge on any atom is 0.321 e. The minimum absolute atomic E-state index is 0.112. The molecule has 4 rings (SSSR count). The summed E-state index contributed by atoms with van der Waals surface area (Å²) in [5.74, 6) is -0.739. The third-order valence-electron chi connectivity index (χ3n) is 4.91. The van der Waals surface area contributed by atoms with Crippen molar-refractivity contribution in [3.8, 4) is 0 Å². The number of carbonyl (C=O) groups is 2. The molecular formula is C21H20FN3O3. The fraction of sp³-hybridized carbons (Fsp3) is 0.238. The molecule has 3 aromatic rings. The molecule has 28 heavy (non-hydrogen) atoms. The van der Waals surface area contributed by atoms with Gasteiger partial charge in [0.1, 0.15) is 11.4 Å². The number of para-hydroxylation sites is 2. The summed E-state index contributed by atoms with van der Waals surface area (Å²) in [6.07, 6.45) is 2.00. The van der Waals surface area contributed by atoms with E-state index in [2.05, 4.69) is 10.6 Å². The predicted molar refractivity (Wildman–Crippen MR) is 105 cm³/mol. The number of furan rings is 1. The van der Waals surface area contributed by atoms with E-state index >= 15 is 0 Å². The van der Waals surface area contributed by atoms with Crippen molar-refractivity contribution in [2.75, 3.05) is 23.7 Å². The third kappa shape index (κ3) is 3.43. The standard InChI is InChI=1S/C21H20FN3O3/c1-13-15-12-14(22)8-9-18(15)28-19(13)20(26)23-16-6-2-3-7-17(16)24-21(27)25-10-4-5-11-25/h2-3,6-9,12H,4-5,10-11H2,1H3,(H,23,26)(H,24,27). The number of fused-ring (bicyclic) bond motifs is 1. The van der Waals surface area contributed by atoms with Crippen molar-refractivity contribution in [3.05, 3.63) is 59.6 Å². The molecule has 0 saturated carbocycles. The SMILES string of the molecule is Cc1c(C(=O)Nc2ccccc2NC(=O)N2CCCC2)oc2ccc(F)cc12. The van der Waals surface area contributed by atoms with Gasteiger partial charge in [-0.2, -0.15) is 0 Å². The number of rotatable bonds is 3. The van der Waals surface area contributed by atoms with Crippen LogP contribution in [0.25, 0.3) is 11.0 Å². The molecule has 3 amide bonds. The number of halogens is 1. The molecule has 2 heterocycles. The Labute approximate surface area is 161 Å². The first kappa shape index (κ1) is 18.0. The number of likely N-dealkylation sites (tertiary alicyclic amines) is 1. The Morgan fingerprint density at radius 3 is 2.43 bits per heavy atom. The molecule has 2 aromatic carbocycles. The van der Waals surface area contributed by atoms with Crippen LogP contribution in [0.3, 0.4) is 0 Å². The van der Waals surface area contributed by atoms with Crippen LogP contribution in [0.5, 0.6) is 0 Å². The van der Waals surface area contributed by atoms with Gasteiger partial charge in [0, 0.05) is 24.0 Å². The fourth-order valence-corrected chi connectivity index (χ4v) is 3.40. The molecule has 1 fully saturated rings. The van der Waals surface area contributed by atoms with Crippen LogP contribution in [0.2, 0.25) is 0 Å². The Kier molecular flexibility index (Phi) is 4.73. The average molecular weight is 381 g/mol. The quantitative estimate of drug-likeness (QED) is 0.687. The molecule has 0 radical (unpaired) electrons. The van der Waals surface area contributed by atoms with Crippen LogP contribution in [0.15, 0.2) is 46.9 Å². The van der Waals surface area contributed by atoms with Crippen molar-refractivity contribution in [2.45, 2.75) is 19.8 Å². The Bertz CT molecular complexity index is 1050. The molecule has 0 atom stereocenters. The molecule has 7 heteroatoms. The summed E-state index contributed by atoms with van der Waals surface area (Å²) < 4.78 is 19.1. The zero-order chi connectivity index (χ0) is 19.7. The van der Waals surface area contributed by atoms with Crippen LogP contribution in [-0.4, -0.2) is 29.9 Å². The van der Waals surface area contributed by atoms with Crippen LogP contribution in [0.1, 0.15) is 29.0 Å². The number of urea groups is 1. The highest BCUT2D eigenvalue weighted by molar-refractivity contribution is 6.08. The molecular weight excluding hydrogens is 361 g/mol. The Balaban J connectivity index is 1.57. The highest BCUT2D eigenvalue weighted by Crippen LogP contribution is 2.28. The van der Waals surface area contributed by atoms with Gasteiger partial charge in [0.05, 0.1) is 11.4 Å². The summed E-state index contributed by atoms with van der Waals surface area (Å²) in [5, 5.41) is 6.19. The van der Waals surface area contributed by atoms with E-state index in [1.807, 2.05) is 0 Å². The van der Waals surface area contributed by atoms with Crippen molar-refractivity contribution < 1.29 is 18.4 Å². The topological polar surface area (TPSA) is 74.6 Å². The number of hydrogen-bond donors (Lipinski definition) is 2. The van der Waals surface area contributed by atoms with Crippen LogP contribution >= 0.6 is 0 Å². The highest BCUT2D eigenvalue weighted by atomic mass is 19.1. The van der Waals surface area contributed by atoms with E-state index in [9.17, 15) is 14.0 Å². The number of anilines is 2. The fourth-order valence-electron chi connectivity index (χ4n) is 3.40. The van der Waals surface area contributed by atoms with Gasteiger partial charge in [0.15, 0.2) is 5.76 Å². The number of hydrogen-bond acceptors (Lipinski definition) is 3. The van der Waals surface area contributed by atoms with E-state index in [-0.39, 0.29) is 11.8 Å². The van der Waals surface area contributed by atoms with E-state index in [1.54, 1.807) is 36.1 Å². The Morgan fingerprint density at radius 2 is 1.71 bits per heavy atom. The lowest BCUT2D eigenvalue weighted by Gasteiger charge is -2.18. The highest BCUT2D eigenvalue weighted by Gasteiger charge is 2.21. The van der Waals surface area contributed by atoms with Crippen molar-refractivity contribution in [1.29, 1.82) is 0 Å². The van der Waals surface area contributed by atoms with Gasteiger partial charge in [-0.3, -0.25) is 4.79 Å². The number of aryl methyl sites for hydroxylation is 1. The maximum absolute atomic E-state index is 13.5. The number of carbonyl (C=O) groups excluding carboxylic acids is 2. The van der Waals surface area contributed by atoms with Crippen molar-refractivity contribution in [3.63, 3.8) is 0 Å². The minimum Gasteiger partial charge on any atom is -0.451 e. The molecule has 1 aromatic heterocycles. The number of nitrogens with one attached hydrogen (secondary N) is 2. The molecule has 1 aliphatic heterocycles. The number of nitrogens with zero attached hydrogens (tertiary/aromatic N) is 1. The summed E-state index contributed by atoms with van der Waals surface area (Å²) in [6, 6.07) is 10.9. The first-order chi connectivity index (χ1) is 13.5. The number of amides is 3. The van der Waals surface area contributed by atoms with Crippen molar-refractivity contribution >= 4 is 34.3 Å². The van der Waals surface area contributed by atoms with Crippen LogP contribution in [0, 0.1) is 12.7 Å². The van der Waals surface area contributed by atoms with Crippen LogP contribution in [0.4, 0.5) is 20.6 Å². The van der Waals surface area contributed by atoms with E-state index in [1.165, 1.54) is 18.2 Å². The predicted octanol–water partition coefficient (Wildman–Crippen LogP) is 4.76. The van der Waals surface area contributed by atoms with Gasteiger partial charge in [-0.15, -0.1) is 0 Å². The van der Waals surface area contributed by atoms with Crippen molar-refractivity contribution in [2.24, 2.45) is 0 Å². The molecule has 1 aliphatic rings. The zero-order valence-electron chi connectivity index (χ0n) is 15.4. The van der Waals surface area contributed by atoms with Gasteiger partial charge in [-0.05, 0) is 50.1 Å². The lowest BCUT2D eigenvalue weighted by molar-refractivity contribution is 0.0998. The molecule has 0 bridgehead atoms. The normalized spacial score (nSPS) is 13.7. The minimum atomic E-state index is -0.461. The first-order valence-electron chi connectivity index (χ1n) is 9.18. The summed E-state index contributed by atoms with van der Waals surface area (Å²) in [6.45, 7) is 3.17. The second-order valence-electron chi connectivity index (χ2n) is 6.82. The molecule has 6 nitrogen and oxygen atoms in total. The second kappa shape index (κ2) is 7.34. The monoisotopic (exact) mass is 381 g/mol. The van der Waals surface area contributed by atoms with Crippen molar-refractivity contribution in [1.82, 2.24) is 4.90 Å². The lowest BCUT2D eigenvalue weighted by Crippen LogP contribution is -2.32. The molecule has 2 N–H and O–H groups in total. The van der Waals surface area contributed by atoms with E-state index in [0.29, 0.717) is 27.9 Å². The third-order valence-corrected chi connectivity index (χ3v) is 4.91. The van der Waals surface area contributed by atoms with Gasteiger partial charge in [0.2, 0.25) is 0 Å². The second-order valence-corrected chi connectivity index (χ2v) is 6.82. The van der Waals surface area contributed by atoms with Gasteiger partial charge in [-0.25, -0.2) is 9.18 Å². The average Bonchev–Trinajstić information content (AvgIpc) is 3.32. The van der Waals surface area contributed by atoms with Gasteiger partial charge >= 0.3 is 6.03 Å². The Morgan fingerprint density at radius 1 is 1.04 bits per heavy atom. The maximum atomic E-state index is 13.5. The molecule has 0 aliphatic carbocycles. The smallest absolute Gasteiger partial charge is 0.321 e. The molecule has 0 spiro atoms. The summed E-state index contributed by atoms with van der Waals surface area (Å²) in [7, 11) is 0. The Hall–Kier alpha value is -3.35. The molecule has 144 valence electrons. The van der Waals surface area contributed by atoms with Gasteiger partial charge in [0.25, 0.3) is 5.91 Å². The first-order valence-corrected chi connectivity index (χ1v) is 9.18. The zero-order valence-corrected chi connectivity index (χ0v) is 15.4. The van der Waals surface area contributed by atoms with Gasteiger partial charge in [-0.1, -0.05) is 12.1 Å². The summed E-state index contributed by atoms with van der Waals surface area (Å²) in [5.41, 5.74) is 1.98. The molecule has 0 unspecified atom stereocenters. The largest absolute Gasteiger partial charge is 0.451 e. The number of benzene rings is 2. The van der Waals surface area contributed by atoms with E-state index in [0.717, 1.165) is 25.9 Å². The van der Waals surface area contributed by atoms with E-state index < -0.39 is 11.7 Å². The van der Waals surface area contributed by atoms with Crippen LogP contribution < -0.4 is 10.6 Å². The lowest BCUT2D eigenvalue weighted by atomic mass is 10.1. The molecule has 1 saturated heterocycles. The van der Waals surface area contributed by atoms with Gasteiger partial charge < -0.3 is 20.0 Å².